The van der Waals surface area contributed by atoms with Crippen LogP contribution in [0.5, 0.6) is 0 Å². The number of aromatic nitrogens is 3. The van der Waals surface area contributed by atoms with Crippen molar-refractivity contribution in [3.05, 3.63) is 42.2 Å². The number of nitrogens with zero attached hydrogens (tertiary/aromatic N) is 4. The molecule has 0 radical (unpaired) electrons. The highest BCUT2D eigenvalue weighted by atomic mass is 16.3. The van der Waals surface area contributed by atoms with Crippen LogP contribution in [0.4, 0.5) is 0 Å². The van der Waals surface area contributed by atoms with Gasteiger partial charge in [0.05, 0.1) is 5.69 Å². The molecule has 0 saturated carbocycles. The number of hydrogen-bond donors (Lipinski definition) is 0. The minimum absolute atomic E-state index is 0.156. The number of oxazole rings is 1. The number of aryl methyl sites for hydroxylation is 1. The molecule has 5 nitrogen and oxygen atoms in total. The molecule has 0 bridgehead atoms. The van der Waals surface area contributed by atoms with Gasteiger partial charge in [0.15, 0.2) is 11.5 Å². The van der Waals surface area contributed by atoms with Crippen molar-refractivity contribution in [2.45, 2.75) is 6.92 Å². The normalized spacial score (nSPS) is 10.4. The Morgan fingerprint density at radius 3 is 2.94 bits per heavy atom. The van der Waals surface area contributed by atoms with E-state index in [-0.39, 0.29) is 5.82 Å². The van der Waals surface area contributed by atoms with Crippen LogP contribution in [0.3, 0.4) is 0 Å². The van der Waals surface area contributed by atoms with E-state index in [1.165, 1.54) is 0 Å². The fourth-order valence-corrected chi connectivity index (χ4v) is 1.78. The maximum absolute atomic E-state index is 8.78. The number of nitriles is 1. The zero-order valence-electron chi connectivity index (χ0n) is 9.58. The van der Waals surface area contributed by atoms with E-state index in [0.29, 0.717) is 11.6 Å². The molecule has 0 saturated heterocycles. The fraction of sp³-hybridized carbons (Fsp3) is 0.0769. The Labute approximate surface area is 103 Å². The molecule has 0 N–H and O–H groups in total. The summed E-state index contributed by atoms with van der Waals surface area (Å²) in [5.74, 6) is 0.784. The molecule has 3 rings (SSSR count). The standard InChI is InChI=1S/C13H8N4O/c1-8-16-11-6-9(2-3-12(11)18-8)10-4-5-15-13(7-14)17-10/h2-6H,1H3. The van der Waals surface area contributed by atoms with Gasteiger partial charge in [-0.05, 0) is 24.3 Å². The van der Waals surface area contributed by atoms with Crippen LogP contribution in [-0.2, 0) is 0 Å². The second-order valence-electron chi connectivity index (χ2n) is 3.79. The van der Waals surface area contributed by atoms with E-state index in [0.717, 1.165) is 16.7 Å². The van der Waals surface area contributed by atoms with E-state index in [9.17, 15) is 0 Å². The highest BCUT2D eigenvalue weighted by Crippen LogP contribution is 2.23. The molecule has 0 fully saturated rings. The fourth-order valence-electron chi connectivity index (χ4n) is 1.78. The lowest BCUT2D eigenvalue weighted by Crippen LogP contribution is -1.90. The quantitative estimate of drug-likeness (QED) is 0.648. The molecule has 18 heavy (non-hydrogen) atoms. The molecule has 0 aliphatic rings. The van der Waals surface area contributed by atoms with Crippen LogP contribution < -0.4 is 0 Å². The van der Waals surface area contributed by atoms with Gasteiger partial charge in [-0.25, -0.2) is 15.0 Å². The third-order valence-electron chi connectivity index (χ3n) is 2.55. The van der Waals surface area contributed by atoms with Crippen LogP contribution in [0, 0.1) is 18.3 Å². The van der Waals surface area contributed by atoms with Gasteiger partial charge < -0.3 is 4.42 Å². The van der Waals surface area contributed by atoms with Crippen LogP contribution in [0.25, 0.3) is 22.4 Å². The Morgan fingerprint density at radius 1 is 1.22 bits per heavy atom. The molecule has 0 aliphatic heterocycles. The van der Waals surface area contributed by atoms with Gasteiger partial charge in [-0.1, -0.05) is 0 Å². The van der Waals surface area contributed by atoms with E-state index in [4.69, 9.17) is 9.68 Å². The first-order valence-electron chi connectivity index (χ1n) is 5.37. The van der Waals surface area contributed by atoms with Crippen molar-refractivity contribution in [2.24, 2.45) is 0 Å². The van der Waals surface area contributed by atoms with Crippen molar-refractivity contribution in [2.75, 3.05) is 0 Å². The average molecular weight is 236 g/mol. The Morgan fingerprint density at radius 2 is 2.11 bits per heavy atom. The minimum atomic E-state index is 0.156. The van der Waals surface area contributed by atoms with Crippen molar-refractivity contribution < 1.29 is 4.42 Å². The predicted octanol–water partition coefficient (Wildman–Crippen LogP) is 2.46. The lowest BCUT2D eigenvalue weighted by Gasteiger charge is -1.99. The lowest BCUT2D eigenvalue weighted by atomic mass is 10.1. The Balaban J connectivity index is 2.16. The molecule has 1 aromatic carbocycles. The van der Waals surface area contributed by atoms with Crippen molar-refractivity contribution in [3.63, 3.8) is 0 Å². The summed E-state index contributed by atoms with van der Waals surface area (Å²) < 4.78 is 5.41. The van der Waals surface area contributed by atoms with E-state index in [1.54, 1.807) is 19.2 Å². The summed E-state index contributed by atoms with van der Waals surface area (Å²) in [6.45, 7) is 1.80. The molecule has 5 heteroatoms. The van der Waals surface area contributed by atoms with Gasteiger partial charge in [-0.3, -0.25) is 0 Å². The largest absolute Gasteiger partial charge is 0.441 e. The number of hydrogen-bond acceptors (Lipinski definition) is 5. The van der Waals surface area contributed by atoms with Crippen LogP contribution in [0.2, 0.25) is 0 Å². The summed E-state index contributed by atoms with van der Waals surface area (Å²) >= 11 is 0. The third kappa shape index (κ3) is 1.70. The van der Waals surface area contributed by atoms with Gasteiger partial charge in [0.2, 0.25) is 5.82 Å². The van der Waals surface area contributed by atoms with Crippen LogP contribution >= 0.6 is 0 Å². The molecule has 0 spiro atoms. The SMILES string of the molecule is Cc1nc2cc(-c3ccnc(C#N)n3)ccc2o1. The van der Waals surface area contributed by atoms with E-state index < -0.39 is 0 Å². The topological polar surface area (TPSA) is 75.6 Å². The molecule has 2 heterocycles. The summed E-state index contributed by atoms with van der Waals surface area (Å²) in [7, 11) is 0. The van der Waals surface area contributed by atoms with Crippen LogP contribution in [0.15, 0.2) is 34.9 Å². The molecule has 0 amide bonds. The number of fused-ring (bicyclic) bond motifs is 1. The monoisotopic (exact) mass is 236 g/mol. The van der Waals surface area contributed by atoms with Gasteiger partial charge >= 0.3 is 0 Å². The maximum atomic E-state index is 8.78. The first-order chi connectivity index (χ1) is 8.76. The second kappa shape index (κ2) is 3.93. The first-order valence-corrected chi connectivity index (χ1v) is 5.37. The molecular weight excluding hydrogens is 228 g/mol. The van der Waals surface area contributed by atoms with Crippen molar-refractivity contribution in [1.82, 2.24) is 15.0 Å². The smallest absolute Gasteiger partial charge is 0.232 e. The third-order valence-corrected chi connectivity index (χ3v) is 2.55. The Kier molecular flexibility index (Phi) is 2.27. The van der Waals surface area contributed by atoms with Crippen LogP contribution in [0.1, 0.15) is 11.7 Å². The summed E-state index contributed by atoms with van der Waals surface area (Å²) in [6, 6.07) is 9.30. The zero-order valence-corrected chi connectivity index (χ0v) is 9.58. The van der Waals surface area contributed by atoms with Crippen molar-refractivity contribution in [1.29, 1.82) is 5.26 Å². The summed E-state index contributed by atoms with van der Waals surface area (Å²) in [6.07, 6.45) is 1.57. The second-order valence-corrected chi connectivity index (χ2v) is 3.79. The molecule has 2 aromatic heterocycles. The summed E-state index contributed by atoms with van der Waals surface area (Å²) in [5.41, 5.74) is 3.10. The molecule has 0 unspecified atom stereocenters. The summed E-state index contributed by atoms with van der Waals surface area (Å²) in [4.78, 5) is 12.3. The average Bonchev–Trinajstić information content (AvgIpc) is 2.77. The van der Waals surface area contributed by atoms with Gasteiger partial charge in [0, 0.05) is 18.7 Å². The van der Waals surface area contributed by atoms with Gasteiger partial charge in [0.25, 0.3) is 0 Å². The highest BCUT2D eigenvalue weighted by molar-refractivity contribution is 5.79. The van der Waals surface area contributed by atoms with Crippen molar-refractivity contribution >= 4 is 11.1 Å². The molecule has 0 aliphatic carbocycles. The zero-order chi connectivity index (χ0) is 12.5. The summed E-state index contributed by atoms with van der Waals surface area (Å²) in [5, 5.41) is 8.78. The van der Waals surface area contributed by atoms with E-state index in [2.05, 4.69) is 15.0 Å². The van der Waals surface area contributed by atoms with Gasteiger partial charge in [-0.2, -0.15) is 5.26 Å². The maximum Gasteiger partial charge on any atom is 0.232 e. The van der Waals surface area contributed by atoms with Crippen LogP contribution in [-0.4, -0.2) is 15.0 Å². The molecular formula is C13H8N4O. The first kappa shape index (κ1) is 10.4. The Bertz CT molecular complexity index is 770. The minimum Gasteiger partial charge on any atom is -0.441 e. The Hall–Kier alpha value is -2.74. The van der Waals surface area contributed by atoms with Gasteiger partial charge in [-0.15, -0.1) is 0 Å². The number of benzene rings is 1. The highest BCUT2D eigenvalue weighted by Gasteiger charge is 2.06. The number of rotatable bonds is 1. The molecule has 0 atom stereocenters. The molecule has 3 aromatic rings. The van der Waals surface area contributed by atoms with Crippen molar-refractivity contribution in [3.8, 4) is 17.3 Å². The predicted molar refractivity (Wildman–Crippen MR) is 64.5 cm³/mol. The van der Waals surface area contributed by atoms with Gasteiger partial charge in [0.1, 0.15) is 11.6 Å². The van der Waals surface area contributed by atoms with E-state index in [1.807, 2.05) is 24.3 Å². The lowest BCUT2D eigenvalue weighted by molar-refractivity contribution is 0.561. The van der Waals surface area contributed by atoms with E-state index >= 15 is 0 Å². The molecule has 86 valence electrons.